The van der Waals surface area contributed by atoms with Gasteiger partial charge in [0.1, 0.15) is 17.9 Å². The maximum Gasteiger partial charge on any atom is 0.339 e. The van der Waals surface area contributed by atoms with Crippen LogP contribution in [0.1, 0.15) is 15.9 Å². The number of benzene rings is 2. The minimum absolute atomic E-state index is 0.273. The van der Waals surface area contributed by atoms with Crippen molar-refractivity contribution >= 4 is 11.8 Å². The first-order valence-electron chi connectivity index (χ1n) is 6.31. The van der Waals surface area contributed by atoms with Gasteiger partial charge in [0, 0.05) is 5.56 Å². The van der Waals surface area contributed by atoms with Crippen molar-refractivity contribution in [3.63, 3.8) is 0 Å². The highest BCUT2D eigenvalue weighted by Crippen LogP contribution is 2.16. The molecular weight excluding hydrogens is 268 g/mol. The molecule has 2 rings (SSSR count). The third kappa shape index (κ3) is 3.79. The van der Waals surface area contributed by atoms with Crippen LogP contribution in [0.4, 0.5) is 0 Å². The predicted molar refractivity (Wildman–Crippen MR) is 78.3 cm³/mol. The van der Waals surface area contributed by atoms with E-state index in [9.17, 15) is 9.59 Å². The lowest BCUT2D eigenvalue weighted by molar-refractivity contribution is -0.132. The summed E-state index contributed by atoms with van der Waals surface area (Å²) in [6.07, 6.45) is 0. The quantitative estimate of drug-likeness (QED) is 0.383. The van der Waals surface area contributed by atoms with Crippen molar-refractivity contribution in [2.75, 3.05) is 0 Å². The van der Waals surface area contributed by atoms with Gasteiger partial charge >= 0.3 is 5.97 Å². The van der Waals surface area contributed by atoms with Crippen molar-refractivity contribution in [3.05, 3.63) is 77.9 Å². The molecule has 0 radical (unpaired) electrons. The number of ether oxygens (including phenoxy) is 1. The first kappa shape index (κ1) is 14.5. The van der Waals surface area contributed by atoms with Crippen molar-refractivity contribution in [2.24, 2.45) is 0 Å². The van der Waals surface area contributed by atoms with Gasteiger partial charge in [0.15, 0.2) is 5.78 Å². The highest BCUT2D eigenvalue weighted by atomic mass is 16.5. The molecule has 106 valence electrons. The topological polar surface area (TPSA) is 63.6 Å². The molecule has 2 aromatic rings. The molecule has 0 saturated carbocycles. The van der Waals surface area contributed by atoms with Crippen LogP contribution in [-0.4, -0.2) is 16.9 Å². The zero-order chi connectivity index (χ0) is 15.2. The SMILES string of the molecule is C=C(C(=O)O)C(=O)c1ccc(OCc2ccccc2)cc1. The van der Waals surface area contributed by atoms with Crippen molar-refractivity contribution in [1.29, 1.82) is 0 Å². The van der Waals surface area contributed by atoms with Crippen LogP contribution in [0.2, 0.25) is 0 Å². The minimum Gasteiger partial charge on any atom is -0.489 e. The van der Waals surface area contributed by atoms with Gasteiger partial charge in [-0.15, -0.1) is 0 Å². The van der Waals surface area contributed by atoms with E-state index in [0.717, 1.165) is 5.56 Å². The van der Waals surface area contributed by atoms with E-state index in [1.54, 1.807) is 12.1 Å². The van der Waals surface area contributed by atoms with Gasteiger partial charge in [0.2, 0.25) is 0 Å². The number of carboxylic acid groups (broad SMARTS) is 1. The first-order chi connectivity index (χ1) is 10.1. The summed E-state index contributed by atoms with van der Waals surface area (Å²) in [7, 11) is 0. The van der Waals surface area contributed by atoms with Crippen LogP contribution < -0.4 is 4.74 Å². The Bertz CT molecular complexity index is 657. The fourth-order valence-corrected chi connectivity index (χ4v) is 1.71. The average Bonchev–Trinajstić information content (AvgIpc) is 2.53. The maximum atomic E-state index is 11.8. The molecule has 0 unspecified atom stereocenters. The first-order valence-corrected chi connectivity index (χ1v) is 6.31. The van der Waals surface area contributed by atoms with Gasteiger partial charge in [0.05, 0.1) is 0 Å². The van der Waals surface area contributed by atoms with Crippen molar-refractivity contribution in [3.8, 4) is 5.75 Å². The molecule has 1 N–H and O–H groups in total. The van der Waals surface area contributed by atoms with E-state index >= 15 is 0 Å². The lowest BCUT2D eigenvalue weighted by Crippen LogP contribution is -2.11. The Kier molecular flexibility index (Phi) is 4.51. The fourth-order valence-electron chi connectivity index (χ4n) is 1.71. The molecule has 0 aliphatic heterocycles. The summed E-state index contributed by atoms with van der Waals surface area (Å²) in [6.45, 7) is 3.68. The summed E-state index contributed by atoms with van der Waals surface area (Å²) in [5.41, 5.74) is 0.860. The number of ketones is 1. The highest BCUT2D eigenvalue weighted by Gasteiger charge is 2.16. The Balaban J connectivity index is 2.01. The maximum absolute atomic E-state index is 11.8. The summed E-state index contributed by atoms with van der Waals surface area (Å²) in [6, 6.07) is 16.0. The van der Waals surface area contributed by atoms with Gasteiger partial charge in [-0.1, -0.05) is 36.9 Å². The summed E-state index contributed by atoms with van der Waals surface area (Å²) >= 11 is 0. The number of carboxylic acids is 1. The number of hydrogen-bond donors (Lipinski definition) is 1. The number of hydrogen-bond acceptors (Lipinski definition) is 3. The Labute approximate surface area is 122 Å². The van der Waals surface area contributed by atoms with Crippen LogP contribution in [0.25, 0.3) is 0 Å². The van der Waals surface area contributed by atoms with Crippen molar-refractivity contribution in [1.82, 2.24) is 0 Å². The van der Waals surface area contributed by atoms with E-state index in [1.165, 1.54) is 12.1 Å². The molecule has 0 aliphatic carbocycles. The Morgan fingerprint density at radius 2 is 1.62 bits per heavy atom. The van der Waals surface area contributed by atoms with E-state index in [1.807, 2.05) is 30.3 Å². The van der Waals surface area contributed by atoms with Crippen LogP contribution in [-0.2, 0) is 11.4 Å². The number of carbonyl (C=O) groups is 2. The average molecular weight is 282 g/mol. The number of carbonyl (C=O) groups excluding carboxylic acids is 1. The van der Waals surface area contributed by atoms with Crippen LogP contribution in [0.15, 0.2) is 66.7 Å². The zero-order valence-corrected chi connectivity index (χ0v) is 11.3. The zero-order valence-electron chi connectivity index (χ0n) is 11.3. The van der Waals surface area contributed by atoms with Crippen LogP contribution >= 0.6 is 0 Å². The van der Waals surface area contributed by atoms with Gasteiger partial charge in [-0.25, -0.2) is 4.79 Å². The Morgan fingerprint density at radius 1 is 1.00 bits per heavy atom. The molecule has 0 bridgehead atoms. The summed E-state index contributed by atoms with van der Waals surface area (Å²) < 4.78 is 5.58. The van der Waals surface area contributed by atoms with E-state index in [-0.39, 0.29) is 5.56 Å². The second kappa shape index (κ2) is 6.52. The standard InChI is InChI=1S/C17H14O4/c1-12(17(19)20)16(18)14-7-9-15(10-8-14)21-11-13-5-3-2-4-6-13/h2-10H,1,11H2,(H,19,20). The smallest absolute Gasteiger partial charge is 0.339 e. The van der Waals surface area contributed by atoms with E-state index in [4.69, 9.17) is 9.84 Å². The summed E-state index contributed by atoms with van der Waals surface area (Å²) in [5.74, 6) is -1.31. The number of aliphatic carboxylic acids is 1. The van der Waals surface area contributed by atoms with Crippen LogP contribution in [0, 0.1) is 0 Å². The molecule has 4 nitrogen and oxygen atoms in total. The Hall–Kier alpha value is -2.88. The van der Waals surface area contributed by atoms with Crippen LogP contribution in [0.3, 0.4) is 0 Å². The van der Waals surface area contributed by atoms with Crippen molar-refractivity contribution in [2.45, 2.75) is 6.61 Å². The lowest BCUT2D eigenvalue weighted by Gasteiger charge is -2.07. The van der Waals surface area contributed by atoms with Gasteiger partial charge < -0.3 is 9.84 Å². The number of Topliss-reactive ketones (excluding diaryl/α,β-unsaturated/α-hetero) is 1. The molecule has 0 amide bonds. The molecule has 0 aliphatic rings. The summed E-state index contributed by atoms with van der Waals surface area (Å²) in [4.78, 5) is 22.5. The van der Waals surface area contributed by atoms with Crippen LogP contribution in [0.5, 0.6) is 5.75 Å². The molecule has 0 spiro atoms. The minimum atomic E-state index is -1.32. The van der Waals surface area contributed by atoms with Gasteiger partial charge in [-0.05, 0) is 29.8 Å². The second-order valence-electron chi connectivity index (χ2n) is 4.41. The molecule has 0 saturated heterocycles. The summed E-state index contributed by atoms with van der Waals surface area (Å²) in [5, 5.41) is 8.73. The molecule has 4 heteroatoms. The van der Waals surface area contributed by atoms with E-state index < -0.39 is 17.3 Å². The highest BCUT2D eigenvalue weighted by molar-refractivity contribution is 6.23. The molecule has 0 fully saturated rings. The molecule has 21 heavy (non-hydrogen) atoms. The number of rotatable bonds is 6. The monoisotopic (exact) mass is 282 g/mol. The second-order valence-corrected chi connectivity index (χ2v) is 4.41. The van der Waals surface area contributed by atoms with Gasteiger partial charge in [-0.2, -0.15) is 0 Å². The Morgan fingerprint density at radius 3 is 2.19 bits per heavy atom. The fraction of sp³-hybridized carbons (Fsp3) is 0.0588. The molecule has 0 aromatic heterocycles. The van der Waals surface area contributed by atoms with Gasteiger partial charge in [0.25, 0.3) is 0 Å². The van der Waals surface area contributed by atoms with Crippen molar-refractivity contribution < 1.29 is 19.4 Å². The lowest BCUT2D eigenvalue weighted by atomic mass is 10.1. The molecule has 0 heterocycles. The normalized spacial score (nSPS) is 9.90. The largest absolute Gasteiger partial charge is 0.489 e. The van der Waals surface area contributed by atoms with E-state index in [0.29, 0.717) is 12.4 Å². The molecule has 0 atom stereocenters. The van der Waals surface area contributed by atoms with E-state index in [2.05, 4.69) is 6.58 Å². The van der Waals surface area contributed by atoms with Gasteiger partial charge in [-0.3, -0.25) is 4.79 Å². The molecular formula is C17H14O4. The third-order valence-corrected chi connectivity index (χ3v) is 2.90. The predicted octanol–water partition coefficient (Wildman–Crippen LogP) is 3.09. The molecule has 2 aromatic carbocycles. The third-order valence-electron chi connectivity index (χ3n) is 2.90.